The molecule has 0 unspecified atom stereocenters. The van der Waals surface area contributed by atoms with Crippen molar-refractivity contribution >= 4 is 28.8 Å². The van der Waals surface area contributed by atoms with E-state index in [0.717, 1.165) is 24.7 Å². The number of Topliss-reactive ketones (excluding diaryl/α,β-unsaturated/α-hetero) is 1. The summed E-state index contributed by atoms with van der Waals surface area (Å²) in [6.45, 7) is 1.50. The summed E-state index contributed by atoms with van der Waals surface area (Å²) in [6, 6.07) is 5.35. The summed E-state index contributed by atoms with van der Waals surface area (Å²) in [7, 11) is 0. The van der Waals surface area contributed by atoms with Crippen LogP contribution in [0.4, 0.5) is 16.0 Å². The fourth-order valence-electron chi connectivity index (χ4n) is 2.35. The lowest BCUT2D eigenvalue weighted by Gasteiger charge is -2.04. The summed E-state index contributed by atoms with van der Waals surface area (Å²) in [6.07, 6.45) is 3.43. The van der Waals surface area contributed by atoms with E-state index in [1.54, 1.807) is 12.1 Å². The molecule has 1 aliphatic rings. The second-order valence-electron chi connectivity index (χ2n) is 5.72. The van der Waals surface area contributed by atoms with E-state index in [0.29, 0.717) is 27.3 Å². The van der Waals surface area contributed by atoms with Crippen LogP contribution in [-0.2, 0) is 0 Å². The molecular weight excluding hydrogens is 329 g/mol. The number of aromatic amines is 1. The molecule has 3 aromatic heterocycles. The number of thiophene rings is 1. The van der Waals surface area contributed by atoms with Crippen molar-refractivity contribution in [2.45, 2.75) is 25.7 Å². The number of hydrogen-bond acceptors (Lipinski definition) is 6. The van der Waals surface area contributed by atoms with Crippen LogP contribution < -0.4 is 5.32 Å². The van der Waals surface area contributed by atoms with Crippen molar-refractivity contribution in [3.8, 4) is 10.7 Å². The third kappa shape index (κ3) is 2.92. The van der Waals surface area contributed by atoms with Crippen LogP contribution in [0, 0.1) is 5.82 Å². The second-order valence-corrected chi connectivity index (χ2v) is 6.80. The maximum atomic E-state index is 14.0. The molecule has 0 radical (unpaired) electrons. The largest absolute Gasteiger partial charge is 0.321 e. The van der Waals surface area contributed by atoms with Crippen molar-refractivity contribution in [2.24, 2.45) is 0 Å². The summed E-state index contributed by atoms with van der Waals surface area (Å²) >= 11 is 1.28. The SMILES string of the molecule is CC(=O)c1ccc(-c2ncc(F)c(Nc3cc(C4CC4)[nH]n3)n2)s1.[HH]. The van der Waals surface area contributed by atoms with Crippen LogP contribution >= 0.6 is 11.3 Å². The van der Waals surface area contributed by atoms with Crippen LogP contribution in [0.25, 0.3) is 10.7 Å². The minimum Gasteiger partial charge on any atom is -0.321 e. The van der Waals surface area contributed by atoms with Gasteiger partial charge in [-0.2, -0.15) is 5.10 Å². The van der Waals surface area contributed by atoms with Crippen molar-refractivity contribution in [2.75, 3.05) is 5.32 Å². The van der Waals surface area contributed by atoms with Gasteiger partial charge in [0.15, 0.2) is 29.1 Å². The standard InChI is InChI=1S/C16H14FN5OS.H2/c1-8(23)12-4-5-13(24-12)16-18-7-10(17)15(20-16)19-14-6-11(21-22-14)9-2-3-9;/h4-7,9H,2-3H2,1H3,(H2,18,19,20,21,22);1H. The average Bonchev–Trinajstić information content (AvgIpc) is 3.10. The molecule has 0 atom stereocenters. The summed E-state index contributed by atoms with van der Waals surface area (Å²) in [4.78, 5) is 21.0. The number of nitrogens with zero attached hydrogens (tertiary/aromatic N) is 3. The van der Waals surface area contributed by atoms with Crippen LogP contribution in [0.5, 0.6) is 0 Å². The van der Waals surface area contributed by atoms with Gasteiger partial charge in [-0.1, -0.05) is 0 Å². The Balaban J connectivity index is 0.00000182. The maximum Gasteiger partial charge on any atom is 0.184 e. The number of carbonyl (C=O) groups excluding carboxylic acids is 1. The second kappa shape index (κ2) is 5.79. The van der Waals surface area contributed by atoms with E-state index in [9.17, 15) is 9.18 Å². The summed E-state index contributed by atoms with van der Waals surface area (Å²) < 4.78 is 14.0. The summed E-state index contributed by atoms with van der Waals surface area (Å²) in [5.41, 5.74) is 1.05. The van der Waals surface area contributed by atoms with E-state index in [4.69, 9.17) is 0 Å². The zero-order valence-electron chi connectivity index (χ0n) is 12.8. The van der Waals surface area contributed by atoms with Gasteiger partial charge in [-0.25, -0.2) is 14.4 Å². The highest BCUT2D eigenvalue weighted by Crippen LogP contribution is 2.39. The summed E-state index contributed by atoms with van der Waals surface area (Å²) in [5.74, 6) is 0.918. The minimum absolute atomic E-state index is 0. The number of hydrogen-bond donors (Lipinski definition) is 2. The molecule has 0 saturated heterocycles. The highest BCUT2D eigenvalue weighted by Gasteiger charge is 2.25. The van der Waals surface area contributed by atoms with Gasteiger partial charge in [-0.05, 0) is 31.9 Å². The van der Waals surface area contributed by atoms with Crippen molar-refractivity contribution in [1.82, 2.24) is 20.2 Å². The first-order valence-corrected chi connectivity index (χ1v) is 8.38. The molecule has 4 rings (SSSR count). The van der Waals surface area contributed by atoms with Gasteiger partial charge in [0.05, 0.1) is 16.0 Å². The molecule has 1 fully saturated rings. The Morgan fingerprint density at radius 3 is 3.00 bits per heavy atom. The van der Waals surface area contributed by atoms with Crippen LogP contribution in [0.1, 0.15) is 42.5 Å². The molecule has 3 heterocycles. The zero-order valence-corrected chi connectivity index (χ0v) is 13.7. The normalized spacial score (nSPS) is 13.9. The van der Waals surface area contributed by atoms with Crippen molar-refractivity contribution in [1.29, 1.82) is 0 Å². The highest BCUT2D eigenvalue weighted by molar-refractivity contribution is 7.17. The first-order valence-electron chi connectivity index (χ1n) is 7.56. The third-order valence-electron chi connectivity index (χ3n) is 3.78. The number of ketones is 1. The van der Waals surface area contributed by atoms with E-state index >= 15 is 0 Å². The van der Waals surface area contributed by atoms with E-state index in [-0.39, 0.29) is 13.0 Å². The Morgan fingerprint density at radius 1 is 1.46 bits per heavy atom. The number of anilines is 2. The molecule has 1 saturated carbocycles. The quantitative estimate of drug-likeness (QED) is 0.679. The molecule has 2 N–H and O–H groups in total. The number of carbonyl (C=O) groups is 1. The lowest BCUT2D eigenvalue weighted by Crippen LogP contribution is -2.00. The Kier molecular flexibility index (Phi) is 3.61. The topological polar surface area (TPSA) is 83.6 Å². The fourth-order valence-corrected chi connectivity index (χ4v) is 3.19. The number of nitrogens with one attached hydrogen (secondary N) is 2. The van der Waals surface area contributed by atoms with Crippen LogP contribution in [0.15, 0.2) is 24.4 Å². The smallest absolute Gasteiger partial charge is 0.184 e. The van der Waals surface area contributed by atoms with Gasteiger partial charge in [0.2, 0.25) is 0 Å². The maximum absolute atomic E-state index is 14.0. The molecule has 8 heteroatoms. The number of halogens is 1. The highest BCUT2D eigenvalue weighted by atomic mass is 32.1. The van der Waals surface area contributed by atoms with Crippen LogP contribution in [0.3, 0.4) is 0 Å². The predicted molar refractivity (Wildman–Crippen MR) is 91.3 cm³/mol. The number of aromatic nitrogens is 4. The summed E-state index contributed by atoms with van der Waals surface area (Å²) in [5, 5.41) is 9.98. The predicted octanol–water partition coefficient (Wildman–Crippen LogP) is 4.14. The van der Waals surface area contributed by atoms with Crippen molar-refractivity contribution in [3.05, 3.63) is 40.8 Å². The zero-order chi connectivity index (χ0) is 16.7. The average molecular weight is 345 g/mol. The van der Waals surface area contributed by atoms with Crippen molar-refractivity contribution < 1.29 is 10.6 Å². The number of H-pyrrole nitrogens is 1. The first-order chi connectivity index (χ1) is 11.6. The molecule has 0 aliphatic heterocycles. The van der Waals surface area contributed by atoms with Crippen LogP contribution in [-0.4, -0.2) is 25.9 Å². The van der Waals surface area contributed by atoms with Gasteiger partial charge in [0.25, 0.3) is 0 Å². The third-order valence-corrected chi connectivity index (χ3v) is 4.96. The van der Waals surface area contributed by atoms with Crippen molar-refractivity contribution in [3.63, 3.8) is 0 Å². The van der Waals surface area contributed by atoms with Gasteiger partial charge < -0.3 is 5.32 Å². The van der Waals surface area contributed by atoms with E-state index in [2.05, 4.69) is 25.5 Å². The Labute approximate surface area is 142 Å². The van der Waals surface area contributed by atoms with Crippen LogP contribution in [0.2, 0.25) is 0 Å². The molecule has 3 aromatic rings. The molecular formula is C16H16FN5OS. The Bertz CT molecular complexity index is 921. The minimum atomic E-state index is -0.557. The fraction of sp³-hybridized carbons (Fsp3) is 0.250. The molecule has 6 nitrogen and oxygen atoms in total. The van der Waals surface area contributed by atoms with Gasteiger partial charge in [-0.3, -0.25) is 9.89 Å². The van der Waals surface area contributed by atoms with Gasteiger partial charge in [0, 0.05) is 19.1 Å². The molecule has 124 valence electrons. The Hall–Kier alpha value is -2.61. The molecule has 0 spiro atoms. The lowest BCUT2D eigenvalue weighted by atomic mass is 10.3. The monoisotopic (exact) mass is 345 g/mol. The Morgan fingerprint density at radius 2 is 2.29 bits per heavy atom. The molecule has 1 aliphatic carbocycles. The van der Waals surface area contributed by atoms with Gasteiger partial charge in [-0.15, -0.1) is 11.3 Å². The molecule has 24 heavy (non-hydrogen) atoms. The van der Waals surface area contributed by atoms with Gasteiger partial charge in [0.1, 0.15) is 0 Å². The lowest BCUT2D eigenvalue weighted by molar-refractivity contribution is 0.102. The number of rotatable bonds is 5. The molecule has 0 aromatic carbocycles. The molecule has 0 bridgehead atoms. The first kappa shape index (κ1) is 14.9. The van der Waals surface area contributed by atoms with E-state index < -0.39 is 5.82 Å². The van der Waals surface area contributed by atoms with Gasteiger partial charge >= 0.3 is 0 Å². The van der Waals surface area contributed by atoms with E-state index in [1.165, 1.54) is 18.3 Å². The molecule has 0 amide bonds. The van der Waals surface area contributed by atoms with E-state index in [1.807, 2.05) is 6.07 Å².